The number of Topliss-reactive ketones (excluding diaryl/α,β-unsaturated/α-hetero) is 1. The van der Waals surface area contributed by atoms with Crippen LogP contribution in [-0.2, 0) is 10.1 Å². The van der Waals surface area contributed by atoms with Gasteiger partial charge in [-0.05, 0) is 18.2 Å². The molecule has 1 aromatic carbocycles. The molecule has 0 bridgehead atoms. The van der Waals surface area contributed by atoms with E-state index in [0.29, 0.717) is 0 Å². The molecular weight excluding hydrogens is 260 g/mol. The van der Waals surface area contributed by atoms with Crippen molar-refractivity contribution in [2.24, 2.45) is 0 Å². The van der Waals surface area contributed by atoms with Gasteiger partial charge in [0, 0.05) is 6.92 Å². The van der Waals surface area contributed by atoms with Gasteiger partial charge in [0.1, 0.15) is 0 Å². The van der Waals surface area contributed by atoms with Gasteiger partial charge in [-0.1, -0.05) is 0 Å². The summed E-state index contributed by atoms with van der Waals surface area (Å²) in [6.45, 7) is 1.18. The Labute approximate surface area is 101 Å². The Kier molecular flexibility index (Phi) is 2.76. The third-order valence-electron chi connectivity index (χ3n) is 2.37. The number of hydrogen-bond acceptors (Lipinski definition) is 5. The van der Waals surface area contributed by atoms with Crippen LogP contribution < -0.4 is 5.43 Å². The maximum absolute atomic E-state index is 11.9. The Bertz CT molecular complexity index is 807. The molecule has 2 N–H and O–H groups in total. The number of carbonyl (C=O) groups is 1. The van der Waals surface area contributed by atoms with Crippen LogP contribution in [0.3, 0.4) is 0 Å². The number of H-pyrrole nitrogens is 1. The van der Waals surface area contributed by atoms with Gasteiger partial charge in [-0.2, -0.15) is 13.5 Å². The maximum atomic E-state index is 11.9. The van der Waals surface area contributed by atoms with Crippen LogP contribution in [-0.4, -0.2) is 29.0 Å². The second-order valence-electron chi connectivity index (χ2n) is 3.64. The molecule has 1 aromatic heterocycles. The average molecular weight is 268 g/mol. The van der Waals surface area contributed by atoms with Crippen molar-refractivity contribution in [1.82, 2.24) is 10.2 Å². The Morgan fingerprint density at radius 1 is 1.39 bits per heavy atom. The summed E-state index contributed by atoms with van der Waals surface area (Å²) in [4.78, 5) is 22.6. The summed E-state index contributed by atoms with van der Waals surface area (Å²) in [7, 11) is -4.40. The third kappa shape index (κ3) is 2.03. The molecule has 0 atom stereocenters. The molecular formula is C10H8N2O5S. The first-order valence-electron chi connectivity index (χ1n) is 4.81. The summed E-state index contributed by atoms with van der Waals surface area (Å²) in [5.74, 6) is -0.532. The van der Waals surface area contributed by atoms with E-state index in [1.165, 1.54) is 13.0 Å². The monoisotopic (exact) mass is 268 g/mol. The number of rotatable bonds is 2. The van der Waals surface area contributed by atoms with Crippen molar-refractivity contribution in [2.45, 2.75) is 11.8 Å². The number of benzene rings is 1. The van der Waals surface area contributed by atoms with Crippen LogP contribution in [0.25, 0.3) is 10.9 Å². The fourth-order valence-electron chi connectivity index (χ4n) is 1.50. The molecule has 0 aliphatic heterocycles. The zero-order valence-corrected chi connectivity index (χ0v) is 9.98. The molecule has 0 saturated carbocycles. The molecule has 7 nitrogen and oxygen atoms in total. The number of fused-ring (bicyclic) bond motifs is 1. The summed E-state index contributed by atoms with van der Waals surface area (Å²) >= 11 is 0. The van der Waals surface area contributed by atoms with E-state index in [4.69, 9.17) is 4.55 Å². The van der Waals surface area contributed by atoms with Crippen molar-refractivity contribution in [3.63, 3.8) is 0 Å². The predicted molar refractivity (Wildman–Crippen MR) is 62.2 cm³/mol. The summed E-state index contributed by atoms with van der Waals surface area (Å²) < 4.78 is 30.8. The van der Waals surface area contributed by atoms with Crippen LogP contribution in [0.5, 0.6) is 0 Å². The van der Waals surface area contributed by atoms with Crippen LogP contribution >= 0.6 is 0 Å². The van der Waals surface area contributed by atoms with Crippen LogP contribution in [0.4, 0.5) is 0 Å². The molecule has 2 aromatic rings. The highest BCUT2D eigenvalue weighted by Crippen LogP contribution is 2.14. The van der Waals surface area contributed by atoms with Crippen LogP contribution in [0.15, 0.2) is 27.9 Å². The van der Waals surface area contributed by atoms with E-state index < -0.39 is 26.2 Å². The van der Waals surface area contributed by atoms with Crippen LogP contribution in [0.2, 0.25) is 0 Å². The third-order valence-corrected chi connectivity index (χ3v) is 3.22. The van der Waals surface area contributed by atoms with Crippen molar-refractivity contribution in [2.75, 3.05) is 0 Å². The second kappa shape index (κ2) is 4.00. The standard InChI is InChI=1S/C10H8N2O5S/c1-5(13)9-10(14)7-4-6(18(15,16)17)2-3-8(7)11-12-9/h2-4H,1H3,(H,11,14)(H,15,16,17). The van der Waals surface area contributed by atoms with Crippen molar-refractivity contribution < 1.29 is 17.8 Å². The quantitative estimate of drug-likeness (QED) is 0.600. The lowest BCUT2D eigenvalue weighted by Gasteiger charge is -2.01. The number of ketones is 1. The molecule has 0 aliphatic carbocycles. The minimum atomic E-state index is -4.40. The minimum Gasteiger partial charge on any atom is -0.293 e. The first-order chi connectivity index (χ1) is 8.30. The molecule has 0 spiro atoms. The lowest BCUT2D eigenvalue weighted by molar-refractivity contribution is 0.101. The summed E-state index contributed by atoms with van der Waals surface area (Å²) in [5, 5.41) is 6.05. The Morgan fingerprint density at radius 2 is 2.06 bits per heavy atom. The van der Waals surface area contributed by atoms with Crippen molar-refractivity contribution in [3.05, 3.63) is 34.1 Å². The van der Waals surface area contributed by atoms with Gasteiger partial charge in [0.2, 0.25) is 5.43 Å². The molecule has 0 aliphatic rings. The predicted octanol–water partition coefficient (Wildman–Crippen LogP) is 0.372. The Morgan fingerprint density at radius 3 is 2.61 bits per heavy atom. The largest absolute Gasteiger partial charge is 0.294 e. The topological polar surface area (TPSA) is 117 Å². The Hall–Kier alpha value is -2.06. The lowest BCUT2D eigenvalue weighted by atomic mass is 10.2. The molecule has 2 rings (SSSR count). The van der Waals surface area contributed by atoms with Gasteiger partial charge >= 0.3 is 0 Å². The van der Waals surface area contributed by atoms with Crippen molar-refractivity contribution in [1.29, 1.82) is 0 Å². The highest BCUT2D eigenvalue weighted by molar-refractivity contribution is 7.85. The van der Waals surface area contributed by atoms with Crippen molar-refractivity contribution >= 4 is 26.8 Å². The molecule has 0 amide bonds. The Balaban J connectivity index is 2.87. The van der Waals surface area contributed by atoms with Gasteiger partial charge in [0.05, 0.1) is 15.8 Å². The van der Waals surface area contributed by atoms with E-state index in [2.05, 4.69) is 10.2 Å². The SMILES string of the molecule is CC(=O)c1n[nH]c2ccc(S(=O)(=O)O)cc2c1=O. The number of hydrogen-bond donors (Lipinski definition) is 2. The van der Waals surface area contributed by atoms with E-state index >= 15 is 0 Å². The summed E-state index contributed by atoms with van der Waals surface area (Å²) in [6.07, 6.45) is 0. The van der Waals surface area contributed by atoms with E-state index in [-0.39, 0.29) is 16.6 Å². The summed E-state index contributed by atoms with van der Waals surface area (Å²) in [5.41, 5.74) is -0.714. The first kappa shape index (κ1) is 12.4. The lowest BCUT2D eigenvalue weighted by Crippen LogP contribution is -2.17. The molecule has 18 heavy (non-hydrogen) atoms. The highest BCUT2D eigenvalue weighted by atomic mass is 32.2. The fraction of sp³-hybridized carbons (Fsp3) is 0.100. The number of carbonyl (C=O) groups excluding carboxylic acids is 1. The van der Waals surface area contributed by atoms with Gasteiger partial charge in [-0.3, -0.25) is 19.2 Å². The molecule has 0 fully saturated rings. The van der Waals surface area contributed by atoms with Gasteiger partial charge in [-0.25, -0.2) is 0 Å². The zero-order chi connectivity index (χ0) is 13.5. The van der Waals surface area contributed by atoms with Gasteiger partial charge in [0.15, 0.2) is 11.5 Å². The average Bonchev–Trinajstić information content (AvgIpc) is 2.27. The van der Waals surface area contributed by atoms with E-state index in [9.17, 15) is 18.0 Å². The molecule has 0 saturated heterocycles. The highest BCUT2D eigenvalue weighted by Gasteiger charge is 2.15. The van der Waals surface area contributed by atoms with Gasteiger partial charge in [0.25, 0.3) is 10.1 Å². The van der Waals surface area contributed by atoms with E-state index in [1.807, 2.05) is 0 Å². The maximum Gasteiger partial charge on any atom is 0.294 e. The number of nitrogens with zero attached hydrogens (tertiary/aromatic N) is 1. The molecule has 0 unspecified atom stereocenters. The van der Waals surface area contributed by atoms with Crippen LogP contribution in [0.1, 0.15) is 17.4 Å². The number of aromatic nitrogens is 2. The van der Waals surface area contributed by atoms with E-state index in [1.54, 1.807) is 0 Å². The normalized spacial score (nSPS) is 11.7. The molecule has 0 radical (unpaired) electrons. The second-order valence-corrected chi connectivity index (χ2v) is 5.06. The smallest absolute Gasteiger partial charge is 0.293 e. The first-order valence-corrected chi connectivity index (χ1v) is 6.25. The fourth-order valence-corrected chi connectivity index (χ4v) is 2.01. The van der Waals surface area contributed by atoms with Gasteiger partial charge in [-0.15, -0.1) is 0 Å². The molecule has 1 heterocycles. The summed E-state index contributed by atoms with van der Waals surface area (Å²) in [6, 6.07) is 3.41. The minimum absolute atomic E-state index is 0.0228. The van der Waals surface area contributed by atoms with Crippen molar-refractivity contribution in [3.8, 4) is 0 Å². The molecule has 94 valence electrons. The van der Waals surface area contributed by atoms with E-state index in [0.717, 1.165) is 12.1 Å². The van der Waals surface area contributed by atoms with Crippen LogP contribution in [0, 0.1) is 0 Å². The van der Waals surface area contributed by atoms with Gasteiger partial charge < -0.3 is 0 Å². The number of aromatic amines is 1. The molecule has 8 heteroatoms. The number of nitrogens with one attached hydrogen (secondary N) is 1. The zero-order valence-electron chi connectivity index (χ0n) is 9.17.